The molecule has 0 aromatic rings. The number of esters is 2. The van der Waals surface area contributed by atoms with Crippen LogP contribution in [0.5, 0.6) is 0 Å². The Kier molecular flexibility index (Phi) is 6.03. The van der Waals surface area contributed by atoms with Crippen LogP contribution < -0.4 is 0 Å². The molecule has 0 aliphatic rings. The second-order valence-corrected chi connectivity index (χ2v) is 4.56. The average molecular weight is 232 g/mol. The standard InChI is InChI=1S/C11H20O5/c1-11(2,3)16-10(14)7-8(12)5-6-9(13)15-4/h8,12H,5-7H2,1-4H3/t8-/m1/s1. The maximum atomic E-state index is 11.3. The minimum atomic E-state index is -0.867. The third-order valence-electron chi connectivity index (χ3n) is 1.73. The van der Waals surface area contributed by atoms with Crippen LogP contribution in [-0.2, 0) is 19.1 Å². The Morgan fingerprint density at radius 3 is 2.25 bits per heavy atom. The first-order valence-electron chi connectivity index (χ1n) is 5.21. The second-order valence-electron chi connectivity index (χ2n) is 4.56. The van der Waals surface area contributed by atoms with Gasteiger partial charge in [-0.2, -0.15) is 0 Å². The number of aliphatic hydroxyl groups excluding tert-OH is 1. The van der Waals surface area contributed by atoms with E-state index in [1.54, 1.807) is 20.8 Å². The van der Waals surface area contributed by atoms with Gasteiger partial charge in [-0.1, -0.05) is 0 Å². The number of carbonyl (C=O) groups excluding carboxylic acids is 2. The van der Waals surface area contributed by atoms with Crippen LogP contribution >= 0.6 is 0 Å². The summed E-state index contributed by atoms with van der Waals surface area (Å²) in [7, 11) is 1.28. The van der Waals surface area contributed by atoms with Gasteiger partial charge < -0.3 is 14.6 Å². The van der Waals surface area contributed by atoms with Gasteiger partial charge in [0, 0.05) is 6.42 Å². The predicted molar refractivity (Wildman–Crippen MR) is 57.7 cm³/mol. The summed E-state index contributed by atoms with van der Waals surface area (Å²) >= 11 is 0. The molecule has 0 rings (SSSR count). The number of hydrogen-bond donors (Lipinski definition) is 1. The molecule has 0 saturated heterocycles. The number of carbonyl (C=O) groups is 2. The van der Waals surface area contributed by atoms with E-state index in [1.807, 2.05) is 0 Å². The molecule has 5 heteroatoms. The van der Waals surface area contributed by atoms with E-state index in [-0.39, 0.29) is 19.3 Å². The molecular formula is C11H20O5. The topological polar surface area (TPSA) is 72.8 Å². The Labute approximate surface area is 95.7 Å². The number of rotatable bonds is 5. The molecule has 0 aliphatic carbocycles. The lowest BCUT2D eigenvalue weighted by atomic mass is 10.1. The van der Waals surface area contributed by atoms with E-state index in [9.17, 15) is 14.7 Å². The van der Waals surface area contributed by atoms with Gasteiger partial charge in [0.2, 0.25) is 0 Å². The van der Waals surface area contributed by atoms with Crippen molar-refractivity contribution in [3.8, 4) is 0 Å². The molecule has 0 aromatic heterocycles. The van der Waals surface area contributed by atoms with Crippen molar-refractivity contribution in [2.24, 2.45) is 0 Å². The number of methoxy groups -OCH3 is 1. The molecule has 1 N–H and O–H groups in total. The zero-order valence-corrected chi connectivity index (χ0v) is 10.3. The zero-order chi connectivity index (χ0) is 12.8. The maximum absolute atomic E-state index is 11.3. The van der Waals surface area contributed by atoms with E-state index in [4.69, 9.17) is 4.74 Å². The van der Waals surface area contributed by atoms with E-state index < -0.39 is 23.6 Å². The summed E-state index contributed by atoms with van der Waals surface area (Å²) in [4.78, 5) is 22.1. The highest BCUT2D eigenvalue weighted by Crippen LogP contribution is 2.11. The van der Waals surface area contributed by atoms with Crippen LogP contribution in [0, 0.1) is 0 Å². The van der Waals surface area contributed by atoms with Crippen molar-refractivity contribution in [3.63, 3.8) is 0 Å². The summed E-state index contributed by atoms with van der Waals surface area (Å²) in [5, 5.41) is 9.45. The summed E-state index contributed by atoms with van der Waals surface area (Å²) in [5.41, 5.74) is -0.556. The Morgan fingerprint density at radius 2 is 1.81 bits per heavy atom. The lowest BCUT2D eigenvalue weighted by molar-refractivity contribution is -0.157. The molecule has 0 spiro atoms. The quantitative estimate of drug-likeness (QED) is 0.717. The van der Waals surface area contributed by atoms with E-state index >= 15 is 0 Å². The van der Waals surface area contributed by atoms with Crippen molar-refractivity contribution in [1.29, 1.82) is 0 Å². The molecule has 0 unspecified atom stereocenters. The van der Waals surface area contributed by atoms with Crippen LogP contribution in [-0.4, -0.2) is 35.9 Å². The van der Waals surface area contributed by atoms with Crippen molar-refractivity contribution >= 4 is 11.9 Å². The summed E-state index contributed by atoms with van der Waals surface area (Å²) in [6.45, 7) is 5.27. The largest absolute Gasteiger partial charge is 0.469 e. The molecule has 0 saturated carbocycles. The van der Waals surface area contributed by atoms with Crippen LogP contribution in [0.1, 0.15) is 40.0 Å². The van der Waals surface area contributed by atoms with Crippen LogP contribution in [0.4, 0.5) is 0 Å². The summed E-state index contributed by atoms with van der Waals surface area (Å²) < 4.78 is 9.45. The van der Waals surface area contributed by atoms with Gasteiger partial charge >= 0.3 is 11.9 Å². The lowest BCUT2D eigenvalue weighted by Crippen LogP contribution is -2.26. The summed E-state index contributed by atoms with van der Waals surface area (Å²) in [5.74, 6) is -0.867. The fourth-order valence-electron chi connectivity index (χ4n) is 1.06. The van der Waals surface area contributed by atoms with Crippen LogP contribution in [0.25, 0.3) is 0 Å². The number of ether oxygens (including phenoxy) is 2. The molecule has 0 aliphatic heterocycles. The number of hydrogen-bond acceptors (Lipinski definition) is 5. The summed E-state index contributed by atoms with van der Waals surface area (Å²) in [6, 6.07) is 0. The molecule has 0 aromatic carbocycles. The van der Waals surface area contributed by atoms with Crippen LogP contribution in [0.2, 0.25) is 0 Å². The molecule has 16 heavy (non-hydrogen) atoms. The molecule has 0 amide bonds. The van der Waals surface area contributed by atoms with Crippen molar-refractivity contribution in [3.05, 3.63) is 0 Å². The Morgan fingerprint density at radius 1 is 1.25 bits per heavy atom. The molecule has 0 bridgehead atoms. The van der Waals surface area contributed by atoms with Gasteiger partial charge in [-0.3, -0.25) is 9.59 Å². The van der Waals surface area contributed by atoms with Crippen LogP contribution in [0.15, 0.2) is 0 Å². The van der Waals surface area contributed by atoms with Gasteiger partial charge in [0.25, 0.3) is 0 Å². The highest BCUT2D eigenvalue weighted by Gasteiger charge is 2.19. The molecule has 0 radical (unpaired) electrons. The van der Waals surface area contributed by atoms with Gasteiger partial charge in [0.05, 0.1) is 19.6 Å². The predicted octanol–water partition coefficient (Wildman–Crippen LogP) is 1.03. The third-order valence-corrected chi connectivity index (χ3v) is 1.73. The highest BCUT2D eigenvalue weighted by molar-refractivity contribution is 5.71. The molecule has 0 heterocycles. The maximum Gasteiger partial charge on any atom is 0.308 e. The van der Waals surface area contributed by atoms with Crippen molar-refractivity contribution in [1.82, 2.24) is 0 Å². The van der Waals surface area contributed by atoms with Crippen molar-refractivity contribution < 1.29 is 24.2 Å². The zero-order valence-electron chi connectivity index (χ0n) is 10.3. The average Bonchev–Trinajstić information content (AvgIpc) is 2.10. The number of aliphatic hydroxyl groups is 1. The smallest absolute Gasteiger partial charge is 0.308 e. The van der Waals surface area contributed by atoms with Gasteiger partial charge in [-0.05, 0) is 27.2 Å². The first-order chi connectivity index (χ1) is 7.24. The van der Waals surface area contributed by atoms with Gasteiger partial charge in [0.1, 0.15) is 5.60 Å². The normalized spacial score (nSPS) is 13.1. The molecule has 0 fully saturated rings. The van der Waals surface area contributed by atoms with E-state index in [0.717, 1.165) is 0 Å². The molecule has 5 nitrogen and oxygen atoms in total. The summed E-state index contributed by atoms with van der Waals surface area (Å²) in [6.07, 6.45) is -0.672. The molecule has 1 atom stereocenters. The first kappa shape index (κ1) is 14.9. The third kappa shape index (κ3) is 8.23. The fourth-order valence-corrected chi connectivity index (χ4v) is 1.06. The van der Waals surface area contributed by atoms with Crippen LogP contribution in [0.3, 0.4) is 0 Å². The van der Waals surface area contributed by atoms with E-state index in [1.165, 1.54) is 7.11 Å². The van der Waals surface area contributed by atoms with Gasteiger partial charge in [0.15, 0.2) is 0 Å². The van der Waals surface area contributed by atoms with Crippen molar-refractivity contribution in [2.45, 2.75) is 51.7 Å². The Balaban J connectivity index is 3.83. The lowest BCUT2D eigenvalue weighted by Gasteiger charge is -2.20. The van der Waals surface area contributed by atoms with Crippen molar-refractivity contribution in [2.75, 3.05) is 7.11 Å². The monoisotopic (exact) mass is 232 g/mol. The minimum Gasteiger partial charge on any atom is -0.469 e. The minimum absolute atomic E-state index is 0.0977. The highest BCUT2D eigenvalue weighted by atomic mass is 16.6. The molecular weight excluding hydrogens is 212 g/mol. The first-order valence-corrected chi connectivity index (χ1v) is 5.21. The Bertz CT molecular complexity index is 241. The molecule has 94 valence electrons. The van der Waals surface area contributed by atoms with E-state index in [2.05, 4.69) is 4.74 Å². The van der Waals surface area contributed by atoms with Gasteiger partial charge in [-0.25, -0.2) is 0 Å². The fraction of sp³-hybridized carbons (Fsp3) is 0.818. The second kappa shape index (κ2) is 6.48. The van der Waals surface area contributed by atoms with Gasteiger partial charge in [-0.15, -0.1) is 0 Å². The Hall–Kier alpha value is -1.10. The SMILES string of the molecule is COC(=O)CC[C@@H](O)CC(=O)OC(C)(C)C. The van der Waals surface area contributed by atoms with E-state index in [0.29, 0.717) is 0 Å².